The molecule has 4 rings (SSSR count). The first-order chi connectivity index (χ1) is 13.6. The number of benzene rings is 2. The van der Waals surface area contributed by atoms with E-state index in [9.17, 15) is 9.59 Å². The van der Waals surface area contributed by atoms with Crippen molar-refractivity contribution < 1.29 is 14.3 Å². The average molecular weight is 396 g/mol. The fourth-order valence-corrected chi connectivity index (χ4v) is 3.59. The molecule has 1 aliphatic heterocycles. The first kappa shape index (κ1) is 18.4. The highest BCUT2D eigenvalue weighted by Gasteiger charge is 2.21. The molecule has 1 atom stereocenters. The lowest BCUT2D eigenvalue weighted by molar-refractivity contribution is -0.118. The number of aromatic nitrogens is 2. The van der Waals surface area contributed by atoms with E-state index in [1.807, 2.05) is 30.5 Å². The SMILES string of the molecule is CSCCC(NC(=O)c1ccc2c(c1)NC(=O)CO2)c1nc2ccccc2[nH]1. The summed E-state index contributed by atoms with van der Waals surface area (Å²) in [5.74, 6) is 1.72. The van der Waals surface area contributed by atoms with E-state index in [-0.39, 0.29) is 24.5 Å². The third-order valence-electron chi connectivity index (χ3n) is 4.53. The van der Waals surface area contributed by atoms with E-state index >= 15 is 0 Å². The number of thioether (sulfide) groups is 1. The minimum atomic E-state index is -0.241. The zero-order valence-electron chi connectivity index (χ0n) is 15.3. The van der Waals surface area contributed by atoms with Crippen LogP contribution in [-0.4, -0.2) is 40.4 Å². The zero-order chi connectivity index (χ0) is 19.5. The third kappa shape index (κ3) is 3.82. The molecule has 0 radical (unpaired) electrons. The Kier molecular flexibility index (Phi) is 5.21. The van der Waals surface area contributed by atoms with Crippen LogP contribution in [0.5, 0.6) is 5.75 Å². The van der Waals surface area contributed by atoms with Gasteiger partial charge in [0, 0.05) is 5.56 Å². The third-order valence-corrected chi connectivity index (χ3v) is 5.17. The molecule has 144 valence electrons. The Morgan fingerprint density at radius 3 is 3.00 bits per heavy atom. The highest BCUT2D eigenvalue weighted by Crippen LogP contribution is 2.29. The monoisotopic (exact) mass is 396 g/mol. The number of nitrogens with one attached hydrogen (secondary N) is 3. The van der Waals surface area contributed by atoms with Crippen molar-refractivity contribution in [3.63, 3.8) is 0 Å². The zero-order valence-corrected chi connectivity index (χ0v) is 16.1. The second-order valence-electron chi connectivity index (χ2n) is 6.49. The molecule has 7 nitrogen and oxygen atoms in total. The molecular formula is C20H20N4O3S. The van der Waals surface area contributed by atoms with Gasteiger partial charge in [-0.15, -0.1) is 0 Å². The number of ether oxygens (including phenoxy) is 1. The van der Waals surface area contributed by atoms with Crippen LogP contribution in [0.2, 0.25) is 0 Å². The Balaban J connectivity index is 1.57. The van der Waals surface area contributed by atoms with Crippen LogP contribution >= 0.6 is 11.8 Å². The van der Waals surface area contributed by atoms with Gasteiger partial charge in [0.2, 0.25) is 0 Å². The quantitative estimate of drug-likeness (QED) is 0.595. The Bertz CT molecular complexity index is 1000. The van der Waals surface area contributed by atoms with Crippen LogP contribution in [0.25, 0.3) is 11.0 Å². The molecule has 0 saturated carbocycles. The van der Waals surface area contributed by atoms with E-state index in [2.05, 4.69) is 20.6 Å². The van der Waals surface area contributed by atoms with Gasteiger partial charge in [0.15, 0.2) is 6.61 Å². The van der Waals surface area contributed by atoms with Gasteiger partial charge in [-0.1, -0.05) is 12.1 Å². The van der Waals surface area contributed by atoms with E-state index in [1.165, 1.54) is 0 Å². The van der Waals surface area contributed by atoms with Crippen molar-refractivity contribution in [3.8, 4) is 5.75 Å². The van der Waals surface area contributed by atoms with Crippen molar-refractivity contribution in [2.24, 2.45) is 0 Å². The number of imidazole rings is 1. The minimum absolute atomic E-state index is 0.0125. The second kappa shape index (κ2) is 7.93. The molecule has 2 aromatic carbocycles. The van der Waals surface area contributed by atoms with E-state index in [1.54, 1.807) is 30.0 Å². The largest absolute Gasteiger partial charge is 0.482 e. The van der Waals surface area contributed by atoms with Gasteiger partial charge in [-0.25, -0.2) is 4.98 Å². The predicted octanol–water partition coefficient (Wildman–Crippen LogP) is 3.12. The van der Waals surface area contributed by atoms with Gasteiger partial charge in [-0.2, -0.15) is 11.8 Å². The standard InChI is InChI=1S/C20H20N4O3S/c1-28-9-8-15(19-22-13-4-2-3-5-14(13)23-19)24-20(26)12-6-7-17-16(10-12)21-18(25)11-27-17/h2-7,10,15H,8-9,11H2,1H3,(H,21,25)(H,22,23)(H,24,26). The smallest absolute Gasteiger partial charge is 0.262 e. The normalized spacial score (nSPS) is 14.1. The van der Waals surface area contributed by atoms with Gasteiger partial charge in [0.25, 0.3) is 11.8 Å². The molecule has 0 bridgehead atoms. The molecule has 1 aliphatic rings. The molecule has 0 aliphatic carbocycles. The van der Waals surface area contributed by atoms with Gasteiger partial charge >= 0.3 is 0 Å². The summed E-state index contributed by atoms with van der Waals surface area (Å²) >= 11 is 1.72. The van der Waals surface area contributed by atoms with Crippen LogP contribution < -0.4 is 15.4 Å². The average Bonchev–Trinajstić information content (AvgIpc) is 3.14. The maximum Gasteiger partial charge on any atom is 0.262 e. The topological polar surface area (TPSA) is 96.1 Å². The molecule has 1 unspecified atom stereocenters. The van der Waals surface area contributed by atoms with Crippen molar-refractivity contribution in [2.45, 2.75) is 12.5 Å². The van der Waals surface area contributed by atoms with E-state index in [4.69, 9.17) is 4.74 Å². The van der Waals surface area contributed by atoms with Crippen LogP contribution in [-0.2, 0) is 4.79 Å². The fourth-order valence-electron chi connectivity index (χ4n) is 3.12. The number of fused-ring (bicyclic) bond motifs is 2. The Morgan fingerprint density at radius 2 is 2.18 bits per heavy atom. The van der Waals surface area contributed by atoms with Crippen molar-refractivity contribution >= 4 is 40.3 Å². The summed E-state index contributed by atoms with van der Waals surface area (Å²) in [5, 5.41) is 5.79. The number of carbonyl (C=O) groups is 2. The van der Waals surface area contributed by atoms with Gasteiger partial charge in [-0.05, 0) is 48.8 Å². The number of carbonyl (C=O) groups excluding carboxylic acids is 2. The number of para-hydroxylation sites is 2. The van der Waals surface area contributed by atoms with Crippen LogP contribution in [0.1, 0.15) is 28.6 Å². The number of aromatic amines is 1. The van der Waals surface area contributed by atoms with Crippen molar-refractivity contribution in [3.05, 3.63) is 53.9 Å². The van der Waals surface area contributed by atoms with Gasteiger partial charge in [-0.3, -0.25) is 9.59 Å². The maximum absolute atomic E-state index is 12.9. The van der Waals surface area contributed by atoms with E-state index in [0.717, 1.165) is 29.0 Å². The highest BCUT2D eigenvalue weighted by molar-refractivity contribution is 7.98. The molecular weight excluding hydrogens is 376 g/mol. The lowest BCUT2D eigenvalue weighted by Crippen LogP contribution is -2.30. The molecule has 3 aromatic rings. The molecule has 3 N–H and O–H groups in total. The molecule has 1 aromatic heterocycles. The van der Waals surface area contributed by atoms with Crippen LogP contribution in [0.4, 0.5) is 5.69 Å². The minimum Gasteiger partial charge on any atom is -0.482 e. The summed E-state index contributed by atoms with van der Waals surface area (Å²) in [5.41, 5.74) is 2.77. The number of anilines is 1. The number of rotatable bonds is 6. The number of amides is 2. The van der Waals surface area contributed by atoms with E-state index < -0.39 is 0 Å². The van der Waals surface area contributed by atoms with Gasteiger partial charge in [0.1, 0.15) is 11.6 Å². The summed E-state index contributed by atoms with van der Waals surface area (Å²) in [4.78, 5) is 32.3. The van der Waals surface area contributed by atoms with Crippen LogP contribution in [0.3, 0.4) is 0 Å². The summed E-state index contributed by atoms with van der Waals surface area (Å²) < 4.78 is 5.35. The summed E-state index contributed by atoms with van der Waals surface area (Å²) in [6.07, 6.45) is 2.78. The second-order valence-corrected chi connectivity index (χ2v) is 7.48. The summed E-state index contributed by atoms with van der Waals surface area (Å²) in [6.45, 7) is -0.0125. The summed E-state index contributed by atoms with van der Waals surface area (Å²) in [6, 6.07) is 12.6. The first-order valence-electron chi connectivity index (χ1n) is 8.95. The molecule has 28 heavy (non-hydrogen) atoms. The van der Waals surface area contributed by atoms with Gasteiger partial charge in [0.05, 0.1) is 22.8 Å². The maximum atomic E-state index is 12.9. The lowest BCUT2D eigenvalue weighted by Gasteiger charge is -2.20. The van der Waals surface area contributed by atoms with Crippen LogP contribution in [0, 0.1) is 0 Å². The van der Waals surface area contributed by atoms with Crippen LogP contribution in [0.15, 0.2) is 42.5 Å². The number of nitrogens with zero attached hydrogens (tertiary/aromatic N) is 1. The molecule has 0 saturated heterocycles. The Labute approximate surface area is 166 Å². The Hall–Kier alpha value is -3.00. The molecule has 0 spiro atoms. The highest BCUT2D eigenvalue weighted by atomic mass is 32.2. The molecule has 0 fully saturated rings. The molecule has 8 heteroatoms. The fraction of sp³-hybridized carbons (Fsp3) is 0.250. The van der Waals surface area contributed by atoms with E-state index in [0.29, 0.717) is 17.0 Å². The molecule has 2 amide bonds. The van der Waals surface area contributed by atoms with Crippen molar-refractivity contribution in [1.29, 1.82) is 0 Å². The lowest BCUT2D eigenvalue weighted by atomic mass is 10.1. The molecule has 2 heterocycles. The van der Waals surface area contributed by atoms with Crippen molar-refractivity contribution in [2.75, 3.05) is 23.9 Å². The van der Waals surface area contributed by atoms with Crippen molar-refractivity contribution in [1.82, 2.24) is 15.3 Å². The summed E-state index contributed by atoms with van der Waals surface area (Å²) in [7, 11) is 0. The number of hydrogen-bond acceptors (Lipinski definition) is 5. The first-order valence-corrected chi connectivity index (χ1v) is 10.3. The predicted molar refractivity (Wildman–Crippen MR) is 110 cm³/mol. The Morgan fingerprint density at radius 1 is 1.32 bits per heavy atom. The number of H-pyrrole nitrogens is 1. The van der Waals surface area contributed by atoms with Gasteiger partial charge < -0.3 is 20.4 Å². The number of hydrogen-bond donors (Lipinski definition) is 3.